The van der Waals surface area contributed by atoms with E-state index in [9.17, 15) is 9.59 Å². The van der Waals surface area contributed by atoms with Crippen molar-refractivity contribution in [2.45, 2.75) is 19.9 Å². The zero-order valence-corrected chi connectivity index (χ0v) is 10.5. The topological polar surface area (TPSA) is 72.2 Å². The number of aliphatic carboxylic acids is 1. The van der Waals surface area contributed by atoms with Crippen LogP contribution in [0.5, 0.6) is 0 Å². The van der Waals surface area contributed by atoms with Crippen LogP contribution in [0.4, 0.5) is 0 Å². The minimum atomic E-state index is -0.857. The van der Waals surface area contributed by atoms with Crippen LogP contribution < -0.4 is 5.56 Å². The fourth-order valence-corrected chi connectivity index (χ4v) is 1.77. The van der Waals surface area contributed by atoms with E-state index < -0.39 is 5.97 Å². The van der Waals surface area contributed by atoms with E-state index >= 15 is 0 Å². The smallest absolute Gasteiger partial charge is 0.307 e. The SMILES string of the molecule is Cc1ccc(=O)n(Cc2ccc(CC(=O)O)cc2)n1. The van der Waals surface area contributed by atoms with Gasteiger partial charge in [0.2, 0.25) is 0 Å². The van der Waals surface area contributed by atoms with E-state index in [0.29, 0.717) is 6.54 Å². The number of aryl methyl sites for hydroxylation is 1. The second kappa shape index (κ2) is 5.48. The summed E-state index contributed by atoms with van der Waals surface area (Å²) in [6, 6.07) is 10.3. The molecule has 0 aliphatic rings. The molecule has 98 valence electrons. The molecule has 0 spiro atoms. The van der Waals surface area contributed by atoms with E-state index in [2.05, 4.69) is 5.10 Å². The van der Waals surface area contributed by atoms with Gasteiger partial charge in [0.25, 0.3) is 5.56 Å². The molecule has 0 atom stereocenters. The average molecular weight is 258 g/mol. The molecule has 5 heteroatoms. The molecule has 0 aliphatic heterocycles. The van der Waals surface area contributed by atoms with E-state index in [-0.39, 0.29) is 12.0 Å². The van der Waals surface area contributed by atoms with Gasteiger partial charge in [0, 0.05) is 6.07 Å². The van der Waals surface area contributed by atoms with Crippen molar-refractivity contribution in [3.63, 3.8) is 0 Å². The molecule has 0 saturated heterocycles. The van der Waals surface area contributed by atoms with Gasteiger partial charge in [-0.15, -0.1) is 0 Å². The first-order valence-electron chi connectivity index (χ1n) is 5.89. The Hall–Kier alpha value is -2.43. The van der Waals surface area contributed by atoms with Crippen molar-refractivity contribution in [2.75, 3.05) is 0 Å². The molecule has 0 amide bonds. The summed E-state index contributed by atoms with van der Waals surface area (Å²) in [6.07, 6.45) is 0.00290. The highest BCUT2D eigenvalue weighted by Crippen LogP contribution is 2.06. The number of carboxylic acid groups (broad SMARTS) is 1. The van der Waals surface area contributed by atoms with E-state index in [0.717, 1.165) is 16.8 Å². The van der Waals surface area contributed by atoms with E-state index in [4.69, 9.17) is 5.11 Å². The van der Waals surface area contributed by atoms with Gasteiger partial charge in [-0.05, 0) is 24.1 Å². The molecular formula is C14H14N2O3. The standard InChI is InChI=1S/C14H14N2O3/c1-10-2-7-13(17)16(15-10)9-12-5-3-11(4-6-12)8-14(18)19/h2-7H,8-9H2,1H3,(H,18,19). The van der Waals surface area contributed by atoms with Crippen LogP contribution in [0.15, 0.2) is 41.2 Å². The second-order valence-corrected chi connectivity index (χ2v) is 4.36. The third kappa shape index (κ3) is 3.51. The fraction of sp³-hybridized carbons (Fsp3) is 0.214. The Bertz CT molecular complexity index is 644. The first-order chi connectivity index (χ1) is 9.04. The van der Waals surface area contributed by atoms with Crippen molar-refractivity contribution >= 4 is 5.97 Å². The quantitative estimate of drug-likeness (QED) is 0.895. The summed E-state index contributed by atoms with van der Waals surface area (Å²) in [5.74, 6) is -0.857. The Morgan fingerprint density at radius 1 is 1.16 bits per heavy atom. The molecule has 0 bridgehead atoms. The maximum Gasteiger partial charge on any atom is 0.307 e. The van der Waals surface area contributed by atoms with Crippen LogP contribution in [0.1, 0.15) is 16.8 Å². The molecule has 0 unspecified atom stereocenters. The summed E-state index contributed by atoms with van der Waals surface area (Å²) in [7, 11) is 0. The van der Waals surface area contributed by atoms with Gasteiger partial charge in [-0.3, -0.25) is 9.59 Å². The molecule has 0 radical (unpaired) electrons. The van der Waals surface area contributed by atoms with Gasteiger partial charge >= 0.3 is 5.97 Å². The van der Waals surface area contributed by atoms with Crippen LogP contribution in [-0.4, -0.2) is 20.9 Å². The average Bonchev–Trinajstić information content (AvgIpc) is 2.35. The minimum absolute atomic E-state index is 0.00290. The Morgan fingerprint density at radius 3 is 2.42 bits per heavy atom. The van der Waals surface area contributed by atoms with Crippen LogP contribution in [0, 0.1) is 6.92 Å². The molecule has 1 N–H and O–H groups in total. The number of benzene rings is 1. The molecule has 2 aromatic rings. The van der Waals surface area contributed by atoms with Crippen molar-refractivity contribution in [1.82, 2.24) is 9.78 Å². The van der Waals surface area contributed by atoms with E-state index in [1.807, 2.05) is 19.1 Å². The van der Waals surface area contributed by atoms with Gasteiger partial charge in [0.15, 0.2) is 0 Å². The van der Waals surface area contributed by atoms with Crippen LogP contribution in [0.2, 0.25) is 0 Å². The summed E-state index contributed by atoms with van der Waals surface area (Å²) in [5, 5.41) is 12.8. The van der Waals surface area contributed by atoms with Gasteiger partial charge in [-0.1, -0.05) is 24.3 Å². The van der Waals surface area contributed by atoms with Crippen molar-refractivity contribution in [3.8, 4) is 0 Å². The Labute approximate surface area is 110 Å². The molecule has 2 rings (SSSR count). The molecule has 1 heterocycles. The predicted octanol–water partition coefficient (Wildman–Crippen LogP) is 1.23. The van der Waals surface area contributed by atoms with Crippen molar-refractivity contribution in [3.05, 3.63) is 63.6 Å². The fourth-order valence-electron chi connectivity index (χ4n) is 1.77. The first kappa shape index (κ1) is 13.0. The highest BCUT2D eigenvalue weighted by atomic mass is 16.4. The number of hydrogen-bond acceptors (Lipinski definition) is 3. The zero-order chi connectivity index (χ0) is 13.8. The molecule has 1 aromatic heterocycles. The van der Waals surface area contributed by atoms with Crippen LogP contribution >= 0.6 is 0 Å². The second-order valence-electron chi connectivity index (χ2n) is 4.36. The summed E-state index contributed by atoms with van der Waals surface area (Å²) in [6.45, 7) is 2.21. The van der Waals surface area contributed by atoms with Crippen LogP contribution in [-0.2, 0) is 17.8 Å². The van der Waals surface area contributed by atoms with Gasteiger partial charge in [0.1, 0.15) is 0 Å². The minimum Gasteiger partial charge on any atom is -0.481 e. The third-order valence-electron chi connectivity index (χ3n) is 2.71. The highest BCUT2D eigenvalue weighted by molar-refractivity contribution is 5.70. The molecule has 19 heavy (non-hydrogen) atoms. The molecule has 1 aromatic carbocycles. The molecule has 5 nitrogen and oxygen atoms in total. The largest absolute Gasteiger partial charge is 0.481 e. The van der Waals surface area contributed by atoms with E-state index in [1.54, 1.807) is 18.2 Å². The number of aromatic nitrogens is 2. The number of carboxylic acids is 1. The normalized spacial score (nSPS) is 10.4. The summed E-state index contributed by atoms with van der Waals surface area (Å²) < 4.78 is 1.39. The lowest BCUT2D eigenvalue weighted by Gasteiger charge is -2.06. The molecule has 0 aliphatic carbocycles. The Balaban J connectivity index is 2.17. The Morgan fingerprint density at radius 2 is 1.79 bits per heavy atom. The monoisotopic (exact) mass is 258 g/mol. The lowest BCUT2D eigenvalue weighted by molar-refractivity contribution is -0.136. The van der Waals surface area contributed by atoms with Crippen molar-refractivity contribution < 1.29 is 9.90 Å². The highest BCUT2D eigenvalue weighted by Gasteiger charge is 2.02. The first-order valence-corrected chi connectivity index (χ1v) is 5.89. The van der Waals surface area contributed by atoms with Crippen LogP contribution in [0.3, 0.4) is 0 Å². The molecule has 0 saturated carbocycles. The predicted molar refractivity (Wildman–Crippen MR) is 70.1 cm³/mol. The summed E-state index contributed by atoms with van der Waals surface area (Å²) in [5.41, 5.74) is 2.28. The zero-order valence-electron chi connectivity index (χ0n) is 10.5. The number of nitrogens with zero attached hydrogens (tertiary/aromatic N) is 2. The van der Waals surface area contributed by atoms with Crippen molar-refractivity contribution in [1.29, 1.82) is 0 Å². The number of rotatable bonds is 4. The molecular weight excluding hydrogens is 244 g/mol. The maximum absolute atomic E-state index is 11.6. The third-order valence-corrected chi connectivity index (χ3v) is 2.71. The maximum atomic E-state index is 11.6. The van der Waals surface area contributed by atoms with Gasteiger partial charge < -0.3 is 5.11 Å². The Kier molecular flexibility index (Phi) is 3.75. The summed E-state index contributed by atoms with van der Waals surface area (Å²) in [4.78, 5) is 22.2. The number of hydrogen-bond donors (Lipinski definition) is 1. The van der Waals surface area contributed by atoms with E-state index in [1.165, 1.54) is 10.7 Å². The number of carbonyl (C=O) groups is 1. The summed E-state index contributed by atoms with van der Waals surface area (Å²) >= 11 is 0. The lowest BCUT2D eigenvalue weighted by Crippen LogP contribution is -2.22. The van der Waals surface area contributed by atoms with Crippen molar-refractivity contribution in [2.24, 2.45) is 0 Å². The van der Waals surface area contributed by atoms with Gasteiger partial charge in [-0.25, -0.2) is 4.68 Å². The van der Waals surface area contributed by atoms with Crippen LogP contribution in [0.25, 0.3) is 0 Å². The molecule has 0 fully saturated rings. The lowest BCUT2D eigenvalue weighted by atomic mass is 10.1. The van der Waals surface area contributed by atoms with Gasteiger partial charge in [-0.2, -0.15) is 5.10 Å². The van der Waals surface area contributed by atoms with Gasteiger partial charge in [0.05, 0.1) is 18.7 Å².